The van der Waals surface area contributed by atoms with Crippen molar-refractivity contribution >= 4 is 33.2 Å². The van der Waals surface area contributed by atoms with Crippen molar-refractivity contribution in [2.75, 3.05) is 0 Å². The maximum absolute atomic E-state index is 12.2. The maximum atomic E-state index is 12.2. The van der Waals surface area contributed by atoms with E-state index in [4.69, 9.17) is 11.6 Å². The third-order valence-electron chi connectivity index (χ3n) is 3.75. The van der Waals surface area contributed by atoms with Crippen LogP contribution in [0.5, 0.6) is 0 Å². The first kappa shape index (κ1) is 16.2. The van der Waals surface area contributed by atoms with E-state index in [9.17, 15) is 4.79 Å². The Kier molecular flexibility index (Phi) is 4.80. The molecule has 23 heavy (non-hydrogen) atoms. The Bertz CT molecular complexity index is 910. The molecule has 0 saturated heterocycles. The van der Waals surface area contributed by atoms with Gasteiger partial charge in [-0.15, -0.1) is 0 Å². The van der Waals surface area contributed by atoms with E-state index in [0.29, 0.717) is 12.2 Å². The lowest BCUT2D eigenvalue weighted by Gasteiger charge is -2.12. The van der Waals surface area contributed by atoms with Gasteiger partial charge in [-0.05, 0) is 41.1 Å². The van der Waals surface area contributed by atoms with E-state index in [-0.39, 0.29) is 11.6 Å². The molecule has 3 rings (SSSR count). The molecule has 4 nitrogen and oxygen atoms in total. The molecule has 2 aromatic heterocycles. The predicted octanol–water partition coefficient (Wildman–Crippen LogP) is 2.94. The van der Waals surface area contributed by atoms with Gasteiger partial charge < -0.3 is 5.32 Å². The van der Waals surface area contributed by atoms with Crippen molar-refractivity contribution in [3.8, 4) is 0 Å². The fraction of sp³-hybridized carbons (Fsp3) is 0.176. The lowest BCUT2D eigenvalue weighted by atomic mass is 10.1. The third-order valence-corrected chi connectivity index (χ3v) is 4.57. The molecule has 0 spiro atoms. The molecule has 0 fully saturated rings. The van der Waals surface area contributed by atoms with Crippen LogP contribution in [0.25, 0.3) is 5.65 Å². The Morgan fingerprint density at radius 1 is 1.30 bits per heavy atom. The summed E-state index contributed by atoms with van der Waals surface area (Å²) in [5, 5.41) is 2.88. The van der Waals surface area contributed by atoms with Gasteiger partial charge in [-0.2, -0.15) is 0 Å². The molecule has 2 heterocycles. The average molecular weight is 394 g/mol. The second-order valence-corrected chi connectivity index (χ2v) is 6.73. The Hall–Kier alpha value is -1.69. The highest BCUT2D eigenvalue weighted by atomic mass is 79.9. The zero-order chi connectivity index (χ0) is 16.4. The lowest BCUT2D eigenvalue weighted by Crippen LogP contribution is -2.83. The number of hydrogen-bond acceptors (Lipinski definition) is 2. The maximum Gasteiger partial charge on any atom is 0.258 e. The monoisotopic (exact) mass is 392 g/mol. The molecule has 1 atom stereocenters. The molecule has 118 valence electrons. The molecular weight excluding hydrogens is 378 g/mol. The number of benzene rings is 1. The van der Waals surface area contributed by atoms with E-state index in [2.05, 4.69) is 33.2 Å². The average Bonchev–Trinajstić information content (AvgIpc) is 2.54. The Morgan fingerprint density at radius 2 is 2.09 bits per heavy atom. The van der Waals surface area contributed by atoms with E-state index >= 15 is 0 Å². The van der Waals surface area contributed by atoms with Crippen molar-refractivity contribution in [1.29, 1.82) is 0 Å². The Balaban J connectivity index is 1.81. The zero-order valence-electron chi connectivity index (χ0n) is 12.5. The number of quaternary nitrogens is 1. The van der Waals surface area contributed by atoms with Crippen molar-refractivity contribution < 1.29 is 5.32 Å². The van der Waals surface area contributed by atoms with Gasteiger partial charge in [0.15, 0.2) is 0 Å². The zero-order valence-corrected chi connectivity index (χ0v) is 14.9. The van der Waals surface area contributed by atoms with Gasteiger partial charge >= 0.3 is 0 Å². The van der Waals surface area contributed by atoms with Crippen molar-refractivity contribution in [3.05, 3.63) is 79.8 Å². The molecule has 0 unspecified atom stereocenters. The van der Waals surface area contributed by atoms with Crippen LogP contribution in [-0.4, -0.2) is 9.38 Å². The topological polar surface area (TPSA) is 51.0 Å². The quantitative estimate of drug-likeness (QED) is 0.741. The van der Waals surface area contributed by atoms with Crippen LogP contribution >= 0.6 is 27.5 Å². The van der Waals surface area contributed by atoms with Crippen LogP contribution in [0.1, 0.15) is 24.2 Å². The molecule has 2 N–H and O–H groups in total. The smallest absolute Gasteiger partial charge is 0.258 e. The minimum absolute atomic E-state index is 0.0786. The van der Waals surface area contributed by atoms with E-state index in [1.165, 1.54) is 4.40 Å². The summed E-state index contributed by atoms with van der Waals surface area (Å²) in [7, 11) is 0. The highest BCUT2D eigenvalue weighted by molar-refractivity contribution is 9.10. The van der Waals surface area contributed by atoms with Gasteiger partial charge in [-0.25, -0.2) is 4.98 Å². The summed E-state index contributed by atoms with van der Waals surface area (Å²) in [6.45, 7) is 2.71. The van der Waals surface area contributed by atoms with Crippen molar-refractivity contribution in [3.63, 3.8) is 0 Å². The summed E-state index contributed by atoms with van der Waals surface area (Å²) in [6, 6.07) is 13.3. The van der Waals surface area contributed by atoms with Crippen molar-refractivity contribution in [1.82, 2.24) is 9.38 Å². The summed E-state index contributed by atoms with van der Waals surface area (Å²) in [6.07, 6.45) is 1.73. The first-order chi connectivity index (χ1) is 11.0. The van der Waals surface area contributed by atoms with E-state index < -0.39 is 0 Å². The number of nitrogens with zero attached hydrogens (tertiary/aromatic N) is 2. The van der Waals surface area contributed by atoms with Gasteiger partial charge in [-0.3, -0.25) is 9.20 Å². The first-order valence-corrected chi connectivity index (χ1v) is 8.47. The molecule has 6 heteroatoms. The standard InChI is InChI=1S/C17H15BrClN3O/c1-11(14-4-2-3-5-15(14)19)20-9-13-8-17(23)22-10-12(18)6-7-16(22)21-13/h2-8,10-11,20H,9H2,1H3/p+1/t11-/m1/s1. The number of halogens is 2. The van der Waals surface area contributed by atoms with Crippen molar-refractivity contribution in [2.45, 2.75) is 19.5 Å². The minimum Gasteiger partial charge on any atom is -0.335 e. The minimum atomic E-state index is -0.0786. The Labute approximate surface area is 147 Å². The summed E-state index contributed by atoms with van der Waals surface area (Å²) in [4.78, 5) is 16.7. The fourth-order valence-electron chi connectivity index (χ4n) is 2.50. The molecule has 0 saturated carbocycles. The highest BCUT2D eigenvalue weighted by Crippen LogP contribution is 2.19. The van der Waals surface area contributed by atoms with Gasteiger partial charge in [0.1, 0.15) is 23.9 Å². The van der Waals surface area contributed by atoms with Crippen LogP contribution in [0.3, 0.4) is 0 Å². The van der Waals surface area contributed by atoms with Gasteiger partial charge in [0.2, 0.25) is 0 Å². The molecule has 0 aliphatic carbocycles. The number of aromatic nitrogens is 2. The van der Waals surface area contributed by atoms with E-state index in [1.54, 1.807) is 12.3 Å². The SMILES string of the molecule is C[C@@H]([NH2+]Cc1cc(=O)n2cc(Br)ccc2n1)c1ccccc1Cl. The number of hydrogen-bond donors (Lipinski definition) is 1. The molecular formula is C17H16BrClN3O+. The van der Waals surface area contributed by atoms with E-state index in [1.807, 2.05) is 36.4 Å². The number of pyridine rings is 1. The van der Waals surface area contributed by atoms with Gasteiger partial charge in [0.25, 0.3) is 5.56 Å². The van der Waals surface area contributed by atoms with Crippen molar-refractivity contribution in [2.24, 2.45) is 0 Å². The summed E-state index contributed by atoms with van der Waals surface area (Å²) >= 11 is 9.59. The lowest BCUT2D eigenvalue weighted by molar-refractivity contribution is -0.708. The molecule has 0 aliphatic heterocycles. The first-order valence-electron chi connectivity index (χ1n) is 7.30. The number of rotatable bonds is 4. The molecule has 0 aliphatic rings. The van der Waals surface area contributed by atoms with Crippen LogP contribution in [-0.2, 0) is 6.54 Å². The predicted molar refractivity (Wildman–Crippen MR) is 94.7 cm³/mol. The summed E-state index contributed by atoms with van der Waals surface area (Å²) < 4.78 is 2.38. The second-order valence-electron chi connectivity index (χ2n) is 5.41. The third kappa shape index (κ3) is 3.63. The molecule has 0 radical (unpaired) electrons. The van der Waals surface area contributed by atoms with Crippen LogP contribution in [0.15, 0.2) is 57.9 Å². The fourth-order valence-corrected chi connectivity index (χ4v) is 3.14. The van der Waals surface area contributed by atoms with Crippen LogP contribution in [0, 0.1) is 0 Å². The Morgan fingerprint density at radius 3 is 2.87 bits per heavy atom. The molecule has 3 aromatic rings. The highest BCUT2D eigenvalue weighted by Gasteiger charge is 2.13. The van der Waals surface area contributed by atoms with Gasteiger partial charge in [-0.1, -0.05) is 29.8 Å². The number of nitrogens with two attached hydrogens (primary N) is 1. The van der Waals surface area contributed by atoms with Gasteiger partial charge in [0.05, 0.1) is 0 Å². The summed E-state index contributed by atoms with van der Waals surface area (Å²) in [5.41, 5.74) is 2.41. The van der Waals surface area contributed by atoms with Gasteiger partial charge in [0, 0.05) is 27.3 Å². The molecule has 0 bridgehead atoms. The molecule has 1 aromatic carbocycles. The van der Waals surface area contributed by atoms with E-state index in [0.717, 1.165) is 20.8 Å². The van der Waals surface area contributed by atoms with Crippen LogP contribution in [0.2, 0.25) is 5.02 Å². The van der Waals surface area contributed by atoms with Crippen LogP contribution in [0.4, 0.5) is 0 Å². The molecule has 0 amide bonds. The largest absolute Gasteiger partial charge is 0.335 e. The van der Waals surface area contributed by atoms with Crippen LogP contribution < -0.4 is 10.9 Å². The summed E-state index contributed by atoms with van der Waals surface area (Å²) in [5.74, 6) is 0. The normalized spacial score (nSPS) is 12.5. The number of fused-ring (bicyclic) bond motifs is 1. The second kappa shape index (κ2) is 6.83.